The molecule has 0 aromatic carbocycles. The highest BCUT2D eigenvalue weighted by Gasteiger charge is 2.04. The lowest BCUT2D eigenvalue weighted by molar-refractivity contribution is 0.186. The molecule has 0 aliphatic carbocycles. The summed E-state index contributed by atoms with van der Waals surface area (Å²) in [5.74, 6) is 0.152. The number of halogens is 1. The van der Waals surface area contributed by atoms with E-state index in [9.17, 15) is 4.79 Å². The summed E-state index contributed by atoms with van der Waals surface area (Å²) < 4.78 is 6.87. The molecule has 1 aromatic heterocycles. The van der Waals surface area contributed by atoms with Crippen LogP contribution in [-0.2, 0) is 11.3 Å². The Balaban J connectivity index is 3.08. The van der Waals surface area contributed by atoms with E-state index in [0.717, 1.165) is 0 Å². The number of nitrogens with two attached hydrogens (primary N) is 2. The highest BCUT2D eigenvalue weighted by molar-refractivity contribution is 9.12. The molecule has 0 saturated carbocycles. The molecule has 0 saturated heterocycles. The molecule has 4 N–H and O–H groups in total. The van der Waals surface area contributed by atoms with Gasteiger partial charge >= 0.3 is 0 Å². The van der Waals surface area contributed by atoms with Gasteiger partial charge in [0, 0.05) is 26.1 Å². The Morgan fingerprint density at radius 2 is 2.39 bits per heavy atom. The van der Waals surface area contributed by atoms with Crippen LogP contribution in [0.2, 0.25) is 0 Å². The van der Waals surface area contributed by atoms with Crippen molar-refractivity contribution in [2.45, 2.75) is 6.54 Å². The third-order valence-corrected chi connectivity index (χ3v) is 2.84. The molecule has 6 nitrogen and oxygen atoms in total. The minimum atomic E-state index is -0.227. The maximum absolute atomic E-state index is 12.0. The van der Waals surface area contributed by atoms with E-state index in [1.54, 1.807) is 25.4 Å². The zero-order valence-electron chi connectivity index (χ0n) is 9.97. The van der Waals surface area contributed by atoms with Gasteiger partial charge in [-0.15, -0.1) is 0 Å². The van der Waals surface area contributed by atoms with Crippen LogP contribution in [0.1, 0.15) is 0 Å². The average molecular weight is 315 g/mol. The van der Waals surface area contributed by atoms with Crippen molar-refractivity contribution < 1.29 is 4.74 Å². The minimum absolute atomic E-state index is 0.152. The monoisotopic (exact) mass is 314 g/mol. The lowest BCUT2D eigenvalue weighted by atomic mass is 10.4. The topological polar surface area (TPSA) is 95.6 Å². The van der Waals surface area contributed by atoms with Crippen molar-refractivity contribution in [3.05, 3.63) is 39.4 Å². The van der Waals surface area contributed by atoms with Crippen LogP contribution >= 0.6 is 15.9 Å². The van der Waals surface area contributed by atoms with Gasteiger partial charge in [-0.05, 0) is 28.1 Å². The number of amidine groups is 1. The van der Waals surface area contributed by atoms with Gasteiger partial charge in [-0.1, -0.05) is 0 Å². The third kappa shape index (κ3) is 3.71. The van der Waals surface area contributed by atoms with Gasteiger partial charge in [-0.25, -0.2) is 4.99 Å². The van der Waals surface area contributed by atoms with Crippen LogP contribution in [0, 0.1) is 0 Å². The van der Waals surface area contributed by atoms with Crippen molar-refractivity contribution in [1.29, 1.82) is 0 Å². The number of nitrogens with zero attached hydrogens (tertiary/aromatic N) is 2. The van der Waals surface area contributed by atoms with E-state index in [0.29, 0.717) is 17.6 Å². The zero-order valence-corrected chi connectivity index (χ0v) is 11.6. The molecule has 1 rings (SSSR count). The molecule has 0 amide bonds. The van der Waals surface area contributed by atoms with E-state index < -0.39 is 0 Å². The third-order valence-electron chi connectivity index (χ3n) is 2.17. The highest BCUT2D eigenvalue weighted by atomic mass is 79.9. The second-order valence-corrected chi connectivity index (χ2v) is 4.25. The van der Waals surface area contributed by atoms with Crippen molar-refractivity contribution in [2.75, 3.05) is 13.7 Å². The van der Waals surface area contributed by atoms with Gasteiger partial charge in [-0.3, -0.25) is 4.79 Å². The molecule has 98 valence electrons. The van der Waals surface area contributed by atoms with Crippen molar-refractivity contribution in [3.8, 4) is 0 Å². The molecule has 18 heavy (non-hydrogen) atoms. The first-order valence-corrected chi connectivity index (χ1v) is 5.99. The standard InChI is InChI=1S/C11H15BrN4O2/c1-18-6-5-16-4-2-3-9(11(16)17)15-10(14)8(12)7-13/h2-4,7H,5-6,13H2,1H3,(H2,14,15). The van der Waals surface area contributed by atoms with E-state index in [1.807, 2.05) is 0 Å². The lowest BCUT2D eigenvalue weighted by Crippen LogP contribution is -2.22. The summed E-state index contributed by atoms with van der Waals surface area (Å²) in [6.07, 6.45) is 2.94. The second-order valence-electron chi connectivity index (χ2n) is 3.40. The molecular formula is C11H15BrN4O2. The van der Waals surface area contributed by atoms with Gasteiger partial charge < -0.3 is 20.8 Å². The maximum Gasteiger partial charge on any atom is 0.276 e. The number of hydrogen-bond acceptors (Lipinski definition) is 4. The molecule has 0 aliphatic heterocycles. The van der Waals surface area contributed by atoms with Crippen LogP contribution in [-0.4, -0.2) is 24.1 Å². The second kappa shape index (κ2) is 6.97. The Morgan fingerprint density at radius 3 is 3.00 bits per heavy atom. The molecular weight excluding hydrogens is 300 g/mol. The van der Waals surface area contributed by atoms with Crippen LogP contribution in [0.4, 0.5) is 5.69 Å². The Kier molecular flexibility index (Phi) is 5.60. The fourth-order valence-electron chi connectivity index (χ4n) is 1.24. The van der Waals surface area contributed by atoms with Crippen LogP contribution in [0.3, 0.4) is 0 Å². The number of rotatable bonds is 5. The normalized spacial score (nSPS) is 12.8. The predicted molar refractivity (Wildman–Crippen MR) is 75.1 cm³/mol. The van der Waals surface area contributed by atoms with Crippen LogP contribution in [0.5, 0.6) is 0 Å². The molecule has 0 bridgehead atoms. The molecule has 1 aromatic rings. The van der Waals surface area contributed by atoms with Crippen LogP contribution in [0.25, 0.3) is 0 Å². The quantitative estimate of drug-likeness (QED) is 0.617. The SMILES string of the molecule is COCCn1cccc(N=C(N)C(Br)=CN)c1=O. The molecule has 0 atom stereocenters. The molecule has 0 fully saturated rings. The fraction of sp³-hybridized carbons (Fsp3) is 0.273. The highest BCUT2D eigenvalue weighted by Crippen LogP contribution is 2.09. The first-order valence-electron chi connectivity index (χ1n) is 5.20. The summed E-state index contributed by atoms with van der Waals surface area (Å²) in [7, 11) is 1.58. The summed E-state index contributed by atoms with van der Waals surface area (Å²) in [5, 5.41) is 0. The Labute approximate surface area is 113 Å². The molecule has 7 heteroatoms. The molecule has 0 spiro atoms. The number of aromatic nitrogens is 1. The number of methoxy groups -OCH3 is 1. The Bertz CT molecular complexity index is 522. The largest absolute Gasteiger partial charge is 0.404 e. The van der Waals surface area contributed by atoms with Crippen molar-refractivity contribution in [1.82, 2.24) is 4.57 Å². The molecule has 0 aliphatic rings. The van der Waals surface area contributed by atoms with E-state index >= 15 is 0 Å². The zero-order chi connectivity index (χ0) is 13.5. The molecule has 0 unspecified atom stereocenters. The van der Waals surface area contributed by atoms with Gasteiger partial charge in [0.2, 0.25) is 0 Å². The van der Waals surface area contributed by atoms with Gasteiger partial charge in [-0.2, -0.15) is 0 Å². The van der Waals surface area contributed by atoms with Gasteiger partial charge in [0.1, 0.15) is 11.5 Å². The van der Waals surface area contributed by atoms with Crippen molar-refractivity contribution in [3.63, 3.8) is 0 Å². The Morgan fingerprint density at radius 1 is 1.67 bits per heavy atom. The van der Waals surface area contributed by atoms with Crippen molar-refractivity contribution in [2.24, 2.45) is 16.5 Å². The van der Waals surface area contributed by atoms with Crippen LogP contribution < -0.4 is 17.0 Å². The fourth-order valence-corrected chi connectivity index (χ4v) is 1.33. The Hall–Kier alpha value is -1.60. The summed E-state index contributed by atoms with van der Waals surface area (Å²) in [5.41, 5.74) is 11.0. The number of hydrogen-bond donors (Lipinski definition) is 2. The summed E-state index contributed by atoms with van der Waals surface area (Å²) in [6, 6.07) is 3.32. The van der Waals surface area contributed by atoms with Gasteiger partial charge in [0.25, 0.3) is 5.56 Å². The summed E-state index contributed by atoms with van der Waals surface area (Å²) in [4.78, 5) is 16.0. The van der Waals surface area contributed by atoms with E-state index in [-0.39, 0.29) is 17.1 Å². The summed E-state index contributed by atoms with van der Waals surface area (Å²) in [6.45, 7) is 0.918. The van der Waals surface area contributed by atoms with Gasteiger partial charge in [0.05, 0.1) is 11.1 Å². The van der Waals surface area contributed by atoms with E-state index in [1.165, 1.54) is 10.8 Å². The summed E-state index contributed by atoms with van der Waals surface area (Å²) >= 11 is 3.14. The van der Waals surface area contributed by atoms with Gasteiger partial charge in [0.15, 0.2) is 0 Å². The average Bonchev–Trinajstić information content (AvgIpc) is 2.38. The minimum Gasteiger partial charge on any atom is -0.404 e. The van der Waals surface area contributed by atoms with Crippen molar-refractivity contribution >= 4 is 27.5 Å². The van der Waals surface area contributed by atoms with E-state index in [4.69, 9.17) is 16.2 Å². The number of ether oxygens (including phenoxy) is 1. The molecule has 1 heterocycles. The first-order chi connectivity index (χ1) is 8.60. The number of pyridine rings is 1. The lowest BCUT2D eigenvalue weighted by Gasteiger charge is -2.05. The first kappa shape index (κ1) is 14.5. The molecule has 0 radical (unpaired) electrons. The smallest absolute Gasteiger partial charge is 0.276 e. The predicted octanol–water partition coefficient (Wildman–Crippen LogP) is 0.678. The maximum atomic E-state index is 12.0. The van der Waals surface area contributed by atoms with E-state index in [2.05, 4.69) is 20.9 Å². The van der Waals surface area contributed by atoms with Crippen LogP contribution in [0.15, 0.2) is 38.8 Å². The number of aliphatic imine (C=N–C) groups is 1.